The number of nitrogens with one attached hydrogen (secondary N) is 1. The highest BCUT2D eigenvalue weighted by Gasteiger charge is 2.27. The Balaban J connectivity index is 1.52. The Morgan fingerprint density at radius 2 is 2.03 bits per heavy atom. The van der Waals surface area contributed by atoms with Gasteiger partial charge in [-0.3, -0.25) is 9.69 Å². The summed E-state index contributed by atoms with van der Waals surface area (Å²) in [6.07, 6.45) is 5.69. The molecular weight excluding hydrogens is 422 g/mol. The number of carbonyl (C=O) groups is 1. The number of thiazole rings is 1. The molecule has 1 aliphatic rings. The van der Waals surface area contributed by atoms with Crippen molar-refractivity contribution in [3.05, 3.63) is 34.2 Å². The minimum absolute atomic E-state index is 0.255. The van der Waals surface area contributed by atoms with Gasteiger partial charge in [-0.1, -0.05) is 13.8 Å². The minimum Gasteiger partial charge on any atom is -0.369 e. The van der Waals surface area contributed by atoms with Crippen molar-refractivity contribution < 1.29 is 4.79 Å². The van der Waals surface area contributed by atoms with Gasteiger partial charge in [0.1, 0.15) is 16.7 Å². The van der Waals surface area contributed by atoms with E-state index in [-0.39, 0.29) is 5.91 Å². The maximum atomic E-state index is 11.2. The maximum Gasteiger partial charge on any atom is 0.231 e. The van der Waals surface area contributed by atoms with Crippen LogP contribution in [0.25, 0.3) is 27.3 Å². The highest BCUT2D eigenvalue weighted by molar-refractivity contribution is 7.18. The molecule has 5 heterocycles. The molecule has 0 radical (unpaired) electrons. The fraction of sp³-hybridized carbons (Fsp3) is 0.478. The van der Waals surface area contributed by atoms with Gasteiger partial charge in [0.25, 0.3) is 0 Å². The van der Waals surface area contributed by atoms with Gasteiger partial charge in [-0.2, -0.15) is 5.10 Å². The van der Waals surface area contributed by atoms with Gasteiger partial charge in [0, 0.05) is 23.2 Å². The number of aromatic amines is 1. The molecule has 168 valence electrons. The van der Waals surface area contributed by atoms with Crippen molar-refractivity contribution in [1.29, 1.82) is 0 Å². The number of likely N-dealkylation sites (tertiary alicyclic amines) is 1. The summed E-state index contributed by atoms with van der Waals surface area (Å²) in [7, 11) is 0. The molecule has 0 aliphatic carbocycles. The highest BCUT2D eigenvalue weighted by atomic mass is 32.1. The van der Waals surface area contributed by atoms with Crippen LogP contribution in [0.1, 0.15) is 60.2 Å². The number of aromatic nitrogens is 5. The van der Waals surface area contributed by atoms with Crippen LogP contribution in [0.5, 0.6) is 0 Å². The predicted octanol–water partition coefficient (Wildman–Crippen LogP) is 3.74. The second-order valence-electron chi connectivity index (χ2n) is 9.14. The number of H-pyrrole nitrogens is 1. The third-order valence-electron chi connectivity index (χ3n) is 6.70. The second-order valence-corrected chi connectivity index (χ2v) is 10.2. The van der Waals surface area contributed by atoms with Crippen LogP contribution in [-0.2, 0) is 4.79 Å². The zero-order chi connectivity index (χ0) is 22.6. The first-order valence-corrected chi connectivity index (χ1v) is 12.0. The van der Waals surface area contributed by atoms with Gasteiger partial charge in [0.2, 0.25) is 5.91 Å². The summed E-state index contributed by atoms with van der Waals surface area (Å²) in [5.41, 5.74) is 13.2. The quantitative estimate of drug-likeness (QED) is 0.481. The number of piperidine rings is 1. The molecule has 8 nitrogen and oxygen atoms in total. The molecule has 4 aromatic rings. The van der Waals surface area contributed by atoms with Gasteiger partial charge in [-0.15, -0.1) is 11.3 Å². The Kier molecular flexibility index (Phi) is 5.25. The van der Waals surface area contributed by atoms with E-state index in [4.69, 9.17) is 10.7 Å². The molecule has 4 aromatic heterocycles. The van der Waals surface area contributed by atoms with E-state index in [0.29, 0.717) is 18.4 Å². The van der Waals surface area contributed by atoms with E-state index >= 15 is 0 Å². The number of amides is 1. The Bertz CT molecular complexity index is 1310. The van der Waals surface area contributed by atoms with E-state index in [1.807, 2.05) is 4.52 Å². The van der Waals surface area contributed by atoms with Crippen LogP contribution in [0, 0.1) is 13.8 Å². The summed E-state index contributed by atoms with van der Waals surface area (Å²) in [6, 6.07) is 0. The van der Waals surface area contributed by atoms with Crippen LogP contribution in [0.3, 0.4) is 0 Å². The van der Waals surface area contributed by atoms with E-state index in [9.17, 15) is 4.79 Å². The number of aryl methyl sites for hydroxylation is 1. The monoisotopic (exact) mass is 451 g/mol. The molecular formula is C23H29N7OS. The van der Waals surface area contributed by atoms with Crippen LogP contribution >= 0.6 is 11.3 Å². The number of pyridine rings is 1. The lowest BCUT2D eigenvalue weighted by Crippen LogP contribution is -2.39. The molecule has 5 rings (SSSR count). The van der Waals surface area contributed by atoms with E-state index in [1.165, 1.54) is 16.1 Å². The lowest BCUT2D eigenvalue weighted by atomic mass is 9.95. The molecule has 0 bridgehead atoms. The van der Waals surface area contributed by atoms with E-state index in [0.717, 1.165) is 58.7 Å². The van der Waals surface area contributed by atoms with Gasteiger partial charge in [-0.05, 0) is 56.8 Å². The SMILES string of the molecule is Cc1c(-c2[nH]c3sc(C4CCN(CC(N)=O)CC4)nc3c2C(C)C)cn2ncnc2c1C. The first kappa shape index (κ1) is 21.1. The molecule has 0 spiro atoms. The molecule has 1 fully saturated rings. The Hall–Kier alpha value is -2.78. The number of rotatable bonds is 5. The van der Waals surface area contributed by atoms with E-state index < -0.39 is 0 Å². The molecule has 0 saturated carbocycles. The first-order valence-electron chi connectivity index (χ1n) is 11.2. The summed E-state index contributed by atoms with van der Waals surface area (Å²) >= 11 is 1.77. The molecule has 0 unspecified atom stereocenters. The van der Waals surface area contributed by atoms with Crippen LogP contribution in [0.2, 0.25) is 0 Å². The van der Waals surface area contributed by atoms with Crippen molar-refractivity contribution in [3.63, 3.8) is 0 Å². The summed E-state index contributed by atoms with van der Waals surface area (Å²) < 4.78 is 1.86. The molecule has 1 aliphatic heterocycles. The van der Waals surface area contributed by atoms with Crippen molar-refractivity contribution >= 4 is 33.2 Å². The number of primary amides is 1. The van der Waals surface area contributed by atoms with Gasteiger partial charge >= 0.3 is 0 Å². The van der Waals surface area contributed by atoms with Crippen molar-refractivity contribution in [2.75, 3.05) is 19.6 Å². The van der Waals surface area contributed by atoms with Gasteiger partial charge in [0.05, 0.1) is 17.2 Å². The Labute approximate surface area is 190 Å². The average molecular weight is 452 g/mol. The molecule has 0 atom stereocenters. The number of carbonyl (C=O) groups excluding carboxylic acids is 1. The van der Waals surface area contributed by atoms with Crippen molar-refractivity contribution in [1.82, 2.24) is 29.5 Å². The van der Waals surface area contributed by atoms with Crippen LogP contribution in [0.15, 0.2) is 12.5 Å². The first-order chi connectivity index (χ1) is 15.3. The lowest BCUT2D eigenvalue weighted by molar-refractivity contribution is -0.119. The summed E-state index contributed by atoms with van der Waals surface area (Å²) in [5, 5.41) is 5.56. The molecule has 9 heteroatoms. The standard InChI is InChI=1S/C23H29N7OS/c1-12(2)18-19(16-9-30-21(25-11-26-30)14(4)13(16)3)27-23-20(18)28-22(32-23)15-5-7-29(8-6-15)10-17(24)31/h9,11-12,15,27H,5-8,10H2,1-4H3,(H2,24,31). The fourth-order valence-corrected chi connectivity index (χ4v) is 6.02. The number of fused-ring (bicyclic) bond motifs is 2. The van der Waals surface area contributed by atoms with Crippen molar-refractivity contribution in [3.8, 4) is 11.3 Å². The minimum atomic E-state index is -0.255. The van der Waals surface area contributed by atoms with E-state index in [2.05, 4.69) is 53.9 Å². The molecule has 0 aromatic carbocycles. The van der Waals surface area contributed by atoms with Gasteiger partial charge < -0.3 is 10.7 Å². The zero-order valence-corrected chi connectivity index (χ0v) is 19.8. The highest BCUT2D eigenvalue weighted by Crippen LogP contribution is 2.41. The normalized spacial score (nSPS) is 16.0. The van der Waals surface area contributed by atoms with Gasteiger partial charge in [-0.25, -0.2) is 14.5 Å². The topological polar surface area (TPSA) is 105 Å². The molecule has 1 amide bonds. The van der Waals surface area contributed by atoms with Crippen LogP contribution in [0.4, 0.5) is 0 Å². The zero-order valence-electron chi connectivity index (χ0n) is 19.0. The number of nitrogens with zero attached hydrogens (tertiary/aromatic N) is 5. The summed E-state index contributed by atoms with van der Waals surface area (Å²) in [5.74, 6) is 0.510. The van der Waals surface area contributed by atoms with Crippen molar-refractivity contribution in [2.24, 2.45) is 5.73 Å². The average Bonchev–Trinajstić information content (AvgIpc) is 3.44. The Morgan fingerprint density at radius 3 is 2.72 bits per heavy atom. The predicted molar refractivity (Wildman–Crippen MR) is 127 cm³/mol. The third kappa shape index (κ3) is 3.49. The van der Waals surface area contributed by atoms with Crippen LogP contribution in [-0.4, -0.2) is 55.0 Å². The van der Waals surface area contributed by atoms with E-state index in [1.54, 1.807) is 17.7 Å². The maximum absolute atomic E-state index is 11.2. The third-order valence-corrected chi connectivity index (χ3v) is 7.83. The van der Waals surface area contributed by atoms with Gasteiger partial charge in [0.15, 0.2) is 5.65 Å². The molecule has 1 saturated heterocycles. The summed E-state index contributed by atoms with van der Waals surface area (Å²) in [4.78, 5) is 27.7. The Morgan fingerprint density at radius 1 is 1.28 bits per heavy atom. The lowest BCUT2D eigenvalue weighted by Gasteiger charge is -2.29. The largest absolute Gasteiger partial charge is 0.369 e. The van der Waals surface area contributed by atoms with Crippen molar-refractivity contribution in [2.45, 2.75) is 52.4 Å². The second kappa shape index (κ2) is 7.97. The number of hydrogen-bond acceptors (Lipinski definition) is 6. The fourth-order valence-electron chi connectivity index (χ4n) is 4.86. The number of hydrogen-bond donors (Lipinski definition) is 2. The number of nitrogens with two attached hydrogens (primary N) is 1. The summed E-state index contributed by atoms with van der Waals surface area (Å²) in [6.45, 7) is 10.8. The smallest absolute Gasteiger partial charge is 0.231 e. The van der Waals surface area contributed by atoms with Crippen LogP contribution < -0.4 is 5.73 Å². The molecule has 3 N–H and O–H groups in total. The molecule has 32 heavy (non-hydrogen) atoms.